The standard InChI is InChI=1S/C15H8BrF2NOS/c16-9-6-10(17)14(11(18)7-9)19-15(20)13-5-8-3-1-2-4-12(8)21-13/h1-7H,(H,19,20). The molecule has 0 bridgehead atoms. The van der Waals surface area contributed by atoms with E-state index in [2.05, 4.69) is 21.2 Å². The molecule has 0 saturated carbocycles. The Bertz CT molecular complexity index is 791. The van der Waals surface area contributed by atoms with Gasteiger partial charge in [-0.15, -0.1) is 11.3 Å². The molecule has 0 aliphatic heterocycles. The first-order valence-corrected chi connectivity index (χ1v) is 7.60. The van der Waals surface area contributed by atoms with Crippen LogP contribution in [-0.2, 0) is 0 Å². The maximum Gasteiger partial charge on any atom is 0.265 e. The van der Waals surface area contributed by atoms with Crippen LogP contribution in [0.2, 0.25) is 0 Å². The van der Waals surface area contributed by atoms with Crippen LogP contribution < -0.4 is 5.32 Å². The first-order valence-electron chi connectivity index (χ1n) is 5.99. The van der Waals surface area contributed by atoms with Crippen molar-refractivity contribution in [3.63, 3.8) is 0 Å². The van der Waals surface area contributed by atoms with Crippen molar-refractivity contribution in [3.05, 3.63) is 63.4 Å². The van der Waals surface area contributed by atoms with Crippen molar-refractivity contribution >= 4 is 48.9 Å². The molecule has 1 heterocycles. The summed E-state index contributed by atoms with van der Waals surface area (Å²) in [6, 6.07) is 11.4. The summed E-state index contributed by atoms with van der Waals surface area (Å²) < 4.78 is 28.6. The van der Waals surface area contributed by atoms with E-state index < -0.39 is 23.2 Å². The van der Waals surface area contributed by atoms with Gasteiger partial charge in [0, 0.05) is 9.17 Å². The lowest BCUT2D eigenvalue weighted by Gasteiger charge is -2.06. The normalized spacial score (nSPS) is 10.8. The maximum absolute atomic E-state index is 13.7. The van der Waals surface area contributed by atoms with Crippen molar-refractivity contribution in [2.24, 2.45) is 0 Å². The predicted octanol–water partition coefficient (Wildman–Crippen LogP) is 5.19. The monoisotopic (exact) mass is 367 g/mol. The quantitative estimate of drug-likeness (QED) is 0.662. The predicted molar refractivity (Wildman–Crippen MR) is 83.8 cm³/mol. The molecule has 6 heteroatoms. The van der Waals surface area contributed by atoms with E-state index in [-0.39, 0.29) is 4.47 Å². The van der Waals surface area contributed by atoms with Gasteiger partial charge in [0.1, 0.15) is 5.69 Å². The summed E-state index contributed by atoms with van der Waals surface area (Å²) in [5, 5.41) is 3.20. The van der Waals surface area contributed by atoms with Crippen LogP contribution in [0, 0.1) is 11.6 Å². The lowest BCUT2D eigenvalue weighted by Crippen LogP contribution is -2.13. The topological polar surface area (TPSA) is 29.1 Å². The third-order valence-corrected chi connectivity index (χ3v) is 4.47. The van der Waals surface area contributed by atoms with Gasteiger partial charge in [0.2, 0.25) is 0 Å². The molecule has 0 spiro atoms. The van der Waals surface area contributed by atoms with E-state index in [1.807, 2.05) is 24.3 Å². The Morgan fingerprint density at radius 2 is 1.76 bits per heavy atom. The first-order chi connectivity index (χ1) is 10.0. The Morgan fingerprint density at radius 3 is 2.43 bits per heavy atom. The number of anilines is 1. The summed E-state index contributed by atoms with van der Waals surface area (Å²) in [5.74, 6) is -2.18. The Hall–Kier alpha value is -1.79. The van der Waals surface area contributed by atoms with Crippen LogP contribution >= 0.6 is 27.3 Å². The molecular weight excluding hydrogens is 360 g/mol. The van der Waals surface area contributed by atoms with Crippen LogP contribution in [0.1, 0.15) is 9.67 Å². The lowest BCUT2D eigenvalue weighted by atomic mass is 10.2. The second-order valence-electron chi connectivity index (χ2n) is 4.35. The molecule has 3 aromatic rings. The van der Waals surface area contributed by atoms with Crippen molar-refractivity contribution in [2.75, 3.05) is 5.32 Å². The summed E-state index contributed by atoms with van der Waals surface area (Å²) in [6.07, 6.45) is 0. The molecule has 0 aliphatic rings. The molecule has 0 radical (unpaired) electrons. The number of benzene rings is 2. The Balaban J connectivity index is 1.93. The van der Waals surface area contributed by atoms with Gasteiger partial charge in [-0.2, -0.15) is 0 Å². The van der Waals surface area contributed by atoms with E-state index in [0.717, 1.165) is 22.2 Å². The molecule has 0 aliphatic carbocycles. The number of nitrogens with one attached hydrogen (secondary N) is 1. The van der Waals surface area contributed by atoms with Gasteiger partial charge >= 0.3 is 0 Å². The summed E-state index contributed by atoms with van der Waals surface area (Å²) in [4.78, 5) is 12.5. The van der Waals surface area contributed by atoms with Gasteiger partial charge in [0.25, 0.3) is 5.91 Å². The summed E-state index contributed by atoms with van der Waals surface area (Å²) in [6.45, 7) is 0. The SMILES string of the molecule is O=C(Nc1c(F)cc(Br)cc1F)c1cc2ccccc2s1. The zero-order valence-corrected chi connectivity index (χ0v) is 12.9. The van der Waals surface area contributed by atoms with Gasteiger partial charge in [-0.05, 0) is 29.7 Å². The van der Waals surface area contributed by atoms with Crippen LogP contribution in [0.15, 0.2) is 46.9 Å². The average Bonchev–Trinajstić information content (AvgIpc) is 2.86. The number of thiophene rings is 1. The molecule has 3 rings (SSSR count). The largest absolute Gasteiger partial charge is 0.316 e. The molecule has 0 atom stereocenters. The molecule has 1 aromatic heterocycles. The highest BCUT2D eigenvalue weighted by molar-refractivity contribution is 9.10. The molecule has 21 heavy (non-hydrogen) atoms. The fourth-order valence-corrected chi connectivity index (χ4v) is 3.29. The highest BCUT2D eigenvalue weighted by Gasteiger charge is 2.16. The summed E-state index contributed by atoms with van der Waals surface area (Å²) >= 11 is 4.26. The zero-order valence-electron chi connectivity index (χ0n) is 10.5. The highest BCUT2D eigenvalue weighted by atomic mass is 79.9. The smallest absolute Gasteiger partial charge is 0.265 e. The van der Waals surface area contributed by atoms with Crippen molar-refractivity contribution in [2.45, 2.75) is 0 Å². The summed E-state index contributed by atoms with van der Waals surface area (Å²) in [5.41, 5.74) is -0.444. The minimum Gasteiger partial charge on any atom is -0.316 e. The third-order valence-electron chi connectivity index (χ3n) is 2.89. The molecular formula is C15H8BrF2NOS. The molecule has 2 nitrogen and oxygen atoms in total. The zero-order chi connectivity index (χ0) is 15.0. The fraction of sp³-hybridized carbons (Fsp3) is 0. The number of hydrogen-bond donors (Lipinski definition) is 1. The van der Waals surface area contributed by atoms with Crippen LogP contribution in [0.5, 0.6) is 0 Å². The molecule has 2 aromatic carbocycles. The number of amides is 1. The number of fused-ring (bicyclic) bond motifs is 1. The van der Waals surface area contributed by atoms with Crippen molar-refractivity contribution < 1.29 is 13.6 Å². The summed E-state index contributed by atoms with van der Waals surface area (Å²) in [7, 11) is 0. The van der Waals surface area contributed by atoms with Gasteiger partial charge in [-0.1, -0.05) is 34.1 Å². The van der Waals surface area contributed by atoms with E-state index >= 15 is 0 Å². The van der Waals surface area contributed by atoms with E-state index in [1.54, 1.807) is 6.07 Å². The maximum atomic E-state index is 13.7. The van der Waals surface area contributed by atoms with Crippen molar-refractivity contribution in [3.8, 4) is 0 Å². The van der Waals surface area contributed by atoms with E-state index in [4.69, 9.17) is 0 Å². The first kappa shape index (κ1) is 14.2. The van der Waals surface area contributed by atoms with E-state index in [0.29, 0.717) is 4.88 Å². The third kappa shape index (κ3) is 2.82. The number of carbonyl (C=O) groups excluding carboxylic acids is 1. The van der Waals surface area contributed by atoms with Gasteiger partial charge in [0.05, 0.1) is 4.88 Å². The molecule has 106 valence electrons. The number of hydrogen-bond acceptors (Lipinski definition) is 2. The number of rotatable bonds is 2. The van der Waals surface area contributed by atoms with Crippen LogP contribution in [0.25, 0.3) is 10.1 Å². The molecule has 0 unspecified atom stereocenters. The van der Waals surface area contributed by atoms with E-state index in [9.17, 15) is 13.6 Å². The Morgan fingerprint density at radius 1 is 1.10 bits per heavy atom. The minimum absolute atomic E-state index is 0.275. The Labute approximate surface area is 131 Å². The average molecular weight is 368 g/mol. The fourth-order valence-electron chi connectivity index (χ4n) is 1.93. The number of carbonyl (C=O) groups is 1. The van der Waals surface area contributed by atoms with Gasteiger partial charge in [0.15, 0.2) is 11.6 Å². The molecule has 0 saturated heterocycles. The molecule has 1 N–H and O–H groups in total. The van der Waals surface area contributed by atoms with Crippen LogP contribution in [-0.4, -0.2) is 5.91 Å². The molecule has 1 amide bonds. The van der Waals surface area contributed by atoms with Crippen molar-refractivity contribution in [1.29, 1.82) is 0 Å². The minimum atomic E-state index is -0.823. The second-order valence-corrected chi connectivity index (χ2v) is 6.35. The van der Waals surface area contributed by atoms with Gasteiger partial charge in [-0.3, -0.25) is 4.79 Å². The number of halogens is 3. The lowest BCUT2D eigenvalue weighted by molar-refractivity contribution is 0.102. The van der Waals surface area contributed by atoms with Gasteiger partial charge < -0.3 is 5.32 Å². The van der Waals surface area contributed by atoms with Crippen molar-refractivity contribution in [1.82, 2.24) is 0 Å². The Kier molecular flexibility index (Phi) is 3.73. The highest BCUT2D eigenvalue weighted by Crippen LogP contribution is 2.28. The molecule has 0 fully saturated rings. The van der Waals surface area contributed by atoms with Crippen LogP contribution in [0.4, 0.5) is 14.5 Å². The second kappa shape index (κ2) is 5.54. The van der Waals surface area contributed by atoms with Gasteiger partial charge in [-0.25, -0.2) is 8.78 Å². The van der Waals surface area contributed by atoms with E-state index in [1.165, 1.54) is 11.3 Å². The van der Waals surface area contributed by atoms with Crippen LogP contribution in [0.3, 0.4) is 0 Å².